The molecule has 0 saturated carbocycles. The van der Waals surface area contributed by atoms with Crippen LogP contribution in [0.25, 0.3) is 0 Å². The number of hydrogen-bond donors (Lipinski definition) is 2. The molecule has 0 bridgehead atoms. The molecule has 6 nitrogen and oxygen atoms in total. The highest BCUT2D eigenvalue weighted by atomic mass is 16.1. The van der Waals surface area contributed by atoms with Crippen LogP contribution in [0.5, 0.6) is 0 Å². The maximum atomic E-state index is 12.0. The van der Waals surface area contributed by atoms with E-state index >= 15 is 0 Å². The second kappa shape index (κ2) is 5.39. The number of aryl methyl sites for hydroxylation is 1. The highest BCUT2D eigenvalue weighted by molar-refractivity contribution is 5.92. The van der Waals surface area contributed by atoms with Gasteiger partial charge < -0.3 is 20.1 Å². The standard InChI is InChI=1S/C12H21N5O/c1-9(16(2)3)7-14-11(18)10-8-17-6-4-5-13-12(17)15-10/h8-9H,4-7H2,1-3H3,(H,13,15)(H,14,18). The summed E-state index contributed by atoms with van der Waals surface area (Å²) in [6, 6.07) is 0.310. The van der Waals surface area contributed by atoms with Crippen LogP contribution in [0.15, 0.2) is 6.20 Å². The van der Waals surface area contributed by atoms with Crippen molar-refractivity contribution in [3.63, 3.8) is 0 Å². The molecular weight excluding hydrogens is 230 g/mol. The van der Waals surface area contributed by atoms with E-state index in [0.717, 1.165) is 25.5 Å². The molecule has 2 N–H and O–H groups in total. The molecule has 1 amide bonds. The van der Waals surface area contributed by atoms with Gasteiger partial charge in [0.2, 0.25) is 5.95 Å². The lowest BCUT2D eigenvalue weighted by molar-refractivity contribution is 0.0939. The number of hydrogen-bond acceptors (Lipinski definition) is 4. The van der Waals surface area contributed by atoms with E-state index in [-0.39, 0.29) is 5.91 Å². The van der Waals surface area contributed by atoms with Gasteiger partial charge in [0, 0.05) is 31.9 Å². The van der Waals surface area contributed by atoms with E-state index in [2.05, 4.69) is 27.4 Å². The maximum Gasteiger partial charge on any atom is 0.271 e. The molecule has 1 aromatic heterocycles. The first kappa shape index (κ1) is 12.9. The van der Waals surface area contributed by atoms with Crippen molar-refractivity contribution < 1.29 is 4.79 Å². The van der Waals surface area contributed by atoms with E-state index in [1.165, 1.54) is 0 Å². The smallest absolute Gasteiger partial charge is 0.271 e. The zero-order chi connectivity index (χ0) is 13.1. The van der Waals surface area contributed by atoms with Crippen molar-refractivity contribution in [2.75, 3.05) is 32.5 Å². The lowest BCUT2D eigenvalue weighted by Gasteiger charge is -2.19. The molecule has 2 heterocycles. The van der Waals surface area contributed by atoms with Gasteiger partial charge in [-0.2, -0.15) is 0 Å². The Morgan fingerprint density at radius 3 is 3.11 bits per heavy atom. The largest absolute Gasteiger partial charge is 0.356 e. The molecule has 0 aromatic carbocycles. The van der Waals surface area contributed by atoms with Gasteiger partial charge in [0.25, 0.3) is 5.91 Å². The van der Waals surface area contributed by atoms with Crippen LogP contribution in [-0.4, -0.2) is 53.6 Å². The lowest BCUT2D eigenvalue weighted by Crippen LogP contribution is -2.38. The molecule has 1 atom stereocenters. The number of nitrogens with zero attached hydrogens (tertiary/aromatic N) is 3. The summed E-state index contributed by atoms with van der Waals surface area (Å²) >= 11 is 0. The third kappa shape index (κ3) is 2.81. The predicted molar refractivity (Wildman–Crippen MR) is 70.8 cm³/mol. The second-order valence-corrected chi connectivity index (χ2v) is 4.95. The zero-order valence-electron chi connectivity index (χ0n) is 11.2. The minimum atomic E-state index is -0.104. The van der Waals surface area contributed by atoms with Crippen LogP contribution in [0, 0.1) is 0 Å². The minimum absolute atomic E-state index is 0.104. The molecule has 0 aliphatic carbocycles. The third-order valence-corrected chi connectivity index (χ3v) is 3.31. The number of imidazole rings is 1. The van der Waals surface area contributed by atoms with Crippen LogP contribution in [0.2, 0.25) is 0 Å². The van der Waals surface area contributed by atoms with Crippen molar-refractivity contribution in [3.8, 4) is 0 Å². The summed E-state index contributed by atoms with van der Waals surface area (Å²) in [4.78, 5) is 18.3. The van der Waals surface area contributed by atoms with Gasteiger partial charge in [-0.1, -0.05) is 0 Å². The Labute approximate surface area is 107 Å². The molecule has 1 aliphatic heterocycles. The fourth-order valence-electron chi connectivity index (χ4n) is 1.80. The summed E-state index contributed by atoms with van der Waals surface area (Å²) in [6.07, 6.45) is 2.89. The predicted octanol–water partition coefficient (Wildman–Crippen LogP) is 0.379. The molecule has 0 fully saturated rings. The highest BCUT2D eigenvalue weighted by Crippen LogP contribution is 2.13. The molecule has 1 unspecified atom stereocenters. The van der Waals surface area contributed by atoms with Gasteiger partial charge in [0.15, 0.2) is 0 Å². The van der Waals surface area contributed by atoms with Crippen LogP contribution < -0.4 is 10.6 Å². The van der Waals surface area contributed by atoms with Crippen LogP contribution >= 0.6 is 0 Å². The summed E-state index contributed by atoms with van der Waals surface area (Å²) in [6.45, 7) is 4.55. The van der Waals surface area contributed by atoms with E-state index in [9.17, 15) is 4.79 Å². The van der Waals surface area contributed by atoms with Crippen molar-refractivity contribution >= 4 is 11.9 Å². The second-order valence-electron chi connectivity index (χ2n) is 4.95. The monoisotopic (exact) mass is 251 g/mol. The minimum Gasteiger partial charge on any atom is -0.356 e. The number of fused-ring (bicyclic) bond motifs is 1. The molecule has 6 heteroatoms. The Bertz CT molecular complexity index is 403. The molecule has 2 rings (SSSR count). The number of carbonyl (C=O) groups is 1. The van der Waals surface area contributed by atoms with Gasteiger partial charge in [-0.15, -0.1) is 0 Å². The summed E-state index contributed by atoms with van der Waals surface area (Å²) in [5.74, 6) is 0.694. The van der Waals surface area contributed by atoms with Gasteiger partial charge in [0.05, 0.1) is 0 Å². The van der Waals surface area contributed by atoms with Crippen LogP contribution in [0.3, 0.4) is 0 Å². The Hall–Kier alpha value is -1.56. The number of rotatable bonds is 4. The molecule has 1 aromatic rings. The average molecular weight is 251 g/mol. The Morgan fingerprint density at radius 2 is 2.44 bits per heavy atom. The van der Waals surface area contributed by atoms with Crippen molar-refractivity contribution in [1.29, 1.82) is 0 Å². The summed E-state index contributed by atoms with van der Waals surface area (Å²) in [5, 5.41) is 6.09. The number of anilines is 1. The molecule has 0 saturated heterocycles. The van der Waals surface area contributed by atoms with Crippen molar-refractivity contribution in [2.45, 2.75) is 25.9 Å². The fourth-order valence-corrected chi connectivity index (χ4v) is 1.80. The lowest BCUT2D eigenvalue weighted by atomic mass is 10.3. The quantitative estimate of drug-likeness (QED) is 0.812. The van der Waals surface area contributed by atoms with Crippen molar-refractivity contribution in [2.24, 2.45) is 0 Å². The van der Waals surface area contributed by atoms with E-state index in [1.807, 2.05) is 24.9 Å². The normalized spacial score (nSPS) is 16.0. The molecule has 0 spiro atoms. The Morgan fingerprint density at radius 1 is 1.67 bits per heavy atom. The topological polar surface area (TPSA) is 62.2 Å². The number of nitrogens with one attached hydrogen (secondary N) is 2. The molecular formula is C12H21N5O. The molecule has 100 valence electrons. The molecule has 1 aliphatic rings. The maximum absolute atomic E-state index is 12.0. The average Bonchev–Trinajstić information content (AvgIpc) is 2.79. The van der Waals surface area contributed by atoms with Crippen LogP contribution in [0.4, 0.5) is 5.95 Å². The first-order valence-corrected chi connectivity index (χ1v) is 6.33. The van der Waals surface area contributed by atoms with Gasteiger partial charge in [-0.05, 0) is 27.4 Å². The van der Waals surface area contributed by atoms with Gasteiger partial charge in [0.1, 0.15) is 5.69 Å². The van der Waals surface area contributed by atoms with Crippen LogP contribution in [0.1, 0.15) is 23.8 Å². The SMILES string of the molecule is CC(CNC(=O)c1cn2c(n1)NCCC2)N(C)C. The van der Waals surface area contributed by atoms with E-state index < -0.39 is 0 Å². The number of amides is 1. The first-order valence-electron chi connectivity index (χ1n) is 6.33. The number of carbonyl (C=O) groups excluding carboxylic acids is 1. The highest BCUT2D eigenvalue weighted by Gasteiger charge is 2.16. The van der Waals surface area contributed by atoms with E-state index in [4.69, 9.17) is 0 Å². The van der Waals surface area contributed by atoms with E-state index in [1.54, 1.807) is 0 Å². The zero-order valence-corrected chi connectivity index (χ0v) is 11.2. The van der Waals surface area contributed by atoms with Gasteiger partial charge >= 0.3 is 0 Å². The summed E-state index contributed by atoms with van der Waals surface area (Å²) < 4.78 is 1.99. The van der Waals surface area contributed by atoms with Gasteiger partial charge in [-0.25, -0.2) is 4.98 Å². The third-order valence-electron chi connectivity index (χ3n) is 3.31. The first-order chi connectivity index (χ1) is 8.58. The van der Waals surface area contributed by atoms with Crippen molar-refractivity contribution in [1.82, 2.24) is 19.8 Å². The summed E-state index contributed by atoms with van der Waals surface area (Å²) in [5.41, 5.74) is 0.491. The van der Waals surface area contributed by atoms with Gasteiger partial charge in [-0.3, -0.25) is 4.79 Å². The van der Waals surface area contributed by atoms with Crippen molar-refractivity contribution in [3.05, 3.63) is 11.9 Å². The number of aromatic nitrogens is 2. The Balaban J connectivity index is 1.95. The molecule has 0 radical (unpaired) electrons. The fraction of sp³-hybridized carbons (Fsp3) is 0.667. The Kier molecular flexibility index (Phi) is 3.86. The molecule has 18 heavy (non-hydrogen) atoms. The summed E-state index contributed by atoms with van der Waals surface area (Å²) in [7, 11) is 3.99. The number of likely N-dealkylation sites (N-methyl/N-ethyl adjacent to an activating group) is 1. The van der Waals surface area contributed by atoms with E-state index in [0.29, 0.717) is 18.3 Å². The van der Waals surface area contributed by atoms with Crippen LogP contribution in [-0.2, 0) is 6.54 Å².